The molecule has 2 rings (SSSR count). The number of anilines is 1. The number of carbonyl (C=O) groups excluding carboxylic acids is 1. The lowest BCUT2D eigenvalue weighted by atomic mass is 9.87. The van der Waals surface area contributed by atoms with Crippen LogP contribution in [0.2, 0.25) is 0 Å². The number of amides is 2. The van der Waals surface area contributed by atoms with Gasteiger partial charge in [-0.1, -0.05) is 12.1 Å². The molecule has 0 radical (unpaired) electrons. The van der Waals surface area contributed by atoms with E-state index < -0.39 is 0 Å². The average molecular weight is 237 g/mol. The molecule has 2 N–H and O–H groups in total. The standard InChI is InChI=1S/C12H19N3O2/c1-8-3-5-10(6-4-8)13-12(16)14-11-7-9(2)17-15-11/h7-8,10H,3-6H2,1-2H3,(H2,13,14,15,16). The number of rotatable bonds is 2. The molecule has 5 heteroatoms. The minimum absolute atomic E-state index is 0.196. The van der Waals surface area contributed by atoms with E-state index in [2.05, 4.69) is 22.7 Å². The van der Waals surface area contributed by atoms with Gasteiger partial charge in [0, 0.05) is 12.1 Å². The van der Waals surface area contributed by atoms with Crippen LogP contribution in [0.15, 0.2) is 10.6 Å². The van der Waals surface area contributed by atoms with E-state index in [0.29, 0.717) is 17.6 Å². The zero-order valence-corrected chi connectivity index (χ0v) is 10.3. The SMILES string of the molecule is Cc1cc(NC(=O)NC2CCC(C)CC2)no1. The third kappa shape index (κ3) is 3.47. The Kier molecular flexibility index (Phi) is 3.66. The summed E-state index contributed by atoms with van der Waals surface area (Å²) in [6.45, 7) is 4.05. The van der Waals surface area contributed by atoms with Crippen LogP contribution in [0.3, 0.4) is 0 Å². The molecule has 0 unspecified atom stereocenters. The van der Waals surface area contributed by atoms with Crippen molar-refractivity contribution in [2.45, 2.75) is 45.6 Å². The maximum Gasteiger partial charge on any atom is 0.320 e. The molecule has 0 atom stereocenters. The fraction of sp³-hybridized carbons (Fsp3) is 0.667. The van der Waals surface area contributed by atoms with Crippen LogP contribution in [-0.2, 0) is 0 Å². The lowest BCUT2D eigenvalue weighted by Crippen LogP contribution is -2.39. The zero-order valence-electron chi connectivity index (χ0n) is 10.3. The Morgan fingerprint density at radius 3 is 2.71 bits per heavy atom. The van der Waals surface area contributed by atoms with Gasteiger partial charge in [0.1, 0.15) is 5.76 Å². The second-order valence-electron chi connectivity index (χ2n) is 4.88. The van der Waals surface area contributed by atoms with Crippen LogP contribution in [0.25, 0.3) is 0 Å². The van der Waals surface area contributed by atoms with E-state index in [1.807, 2.05) is 0 Å². The van der Waals surface area contributed by atoms with Crippen LogP contribution >= 0.6 is 0 Å². The van der Waals surface area contributed by atoms with Crippen molar-refractivity contribution < 1.29 is 9.32 Å². The second-order valence-corrected chi connectivity index (χ2v) is 4.88. The van der Waals surface area contributed by atoms with Gasteiger partial charge in [-0.25, -0.2) is 4.79 Å². The molecular formula is C12H19N3O2. The van der Waals surface area contributed by atoms with Crippen molar-refractivity contribution in [1.29, 1.82) is 0 Å². The smallest absolute Gasteiger partial charge is 0.320 e. The van der Waals surface area contributed by atoms with Gasteiger partial charge in [0.2, 0.25) is 0 Å². The number of hydrogen-bond donors (Lipinski definition) is 2. The van der Waals surface area contributed by atoms with Crippen LogP contribution < -0.4 is 10.6 Å². The monoisotopic (exact) mass is 237 g/mol. The van der Waals surface area contributed by atoms with Crippen molar-refractivity contribution in [2.24, 2.45) is 5.92 Å². The third-order valence-electron chi connectivity index (χ3n) is 3.22. The molecule has 0 saturated heterocycles. The van der Waals surface area contributed by atoms with Crippen LogP contribution in [0.5, 0.6) is 0 Å². The van der Waals surface area contributed by atoms with Gasteiger partial charge in [0.15, 0.2) is 5.82 Å². The first-order valence-corrected chi connectivity index (χ1v) is 6.14. The second kappa shape index (κ2) is 5.21. The summed E-state index contributed by atoms with van der Waals surface area (Å²) in [7, 11) is 0. The highest BCUT2D eigenvalue weighted by molar-refractivity contribution is 5.88. The number of aromatic nitrogens is 1. The fourth-order valence-corrected chi connectivity index (χ4v) is 2.17. The summed E-state index contributed by atoms with van der Waals surface area (Å²) in [5.41, 5.74) is 0. The van der Waals surface area contributed by atoms with Gasteiger partial charge in [-0.05, 0) is 38.5 Å². The highest BCUT2D eigenvalue weighted by Crippen LogP contribution is 2.23. The molecule has 1 aromatic rings. The van der Waals surface area contributed by atoms with Crippen LogP contribution in [0, 0.1) is 12.8 Å². The Balaban J connectivity index is 1.77. The van der Waals surface area contributed by atoms with Crippen molar-refractivity contribution in [3.63, 3.8) is 0 Å². The van der Waals surface area contributed by atoms with E-state index in [-0.39, 0.29) is 6.03 Å². The van der Waals surface area contributed by atoms with E-state index in [4.69, 9.17) is 4.52 Å². The first kappa shape index (κ1) is 12.0. The van der Waals surface area contributed by atoms with Gasteiger partial charge in [0.25, 0.3) is 0 Å². The summed E-state index contributed by atoms with van der Waals surface area (Å²) in [4.78, 5) is 11.7. The third-order valence-corrected chi connectivity index (χ3v) is 3.22. The Morgan fingerprint density at radius 2 is 2.12 bits per heavy atom. The minimum atomic E-state index is -0.196. The molecular weight excluding hydrogens is 218 g/mol. The number of carbonyl (C=O) groups is 1. The minimum Gasteiger partial charge on any atom is -0.360 e. The van der Waals surface area contributed by atoms with Crippen molar-refractivity contribution >= 4 is 11.8 Å². The summed E-state index contributed by atoms with van der Waals surface area (Å²) in [5.74, 6) is 1.94. The molecule has 1 aromatic heterocycles. The highest BCUT2D eigenvalue weighted by atomic mass is 16.5. The van der Waals surface area contributed by atoms with Crippen molar-refractivity contribution in [3.8, 4) is 0 Å². The van der Waals surface area contributed by atoms with Crippen molar-refractivity contribution in [1.82, 2.24) is 10.5 Å². The molecule has 0 aliphatic heterocycles. The number of nitrogens with zero attached hydrogens (tertiary/aromatic N) is 1. The van der Waals surface area contributed by atoms with Gasteiger partial charge in [-0.2, -0.15) is 0 Å². The molecule has 0 aromatic carbocycles. The lowest BCUT2D eigenvalue weighted by Gasteiger charge is -2.26. The average Bonchev–Trinajstić information content (AvgIpc) is 2.67. The first-order chi connectivity index (χ1) is 8.13. The first-order valence-electron chi connectivity index (χ1n) is 6.14. The van der Waals surface area contributed by atoms with E-state index in [0.717, 1.165) is 18.8 Å². The van der Waals surface area contributed by atoms with Crippen LogP contribution in [0.4, 0.5) is 10.6 Å². The lowest BCUT2D eigenvalue weighted by molar-refractivity contribution is 0.239. The predicted octanol–water partition coefficient (Wildman–Crippen LogP) is 2.68. The maximum absolute atomic E-state index is 11.7. The molecule has 2 amide bonds. The normalized spacial score (nSPS) is 24.4. The zero-order chi connectivity index (χ0) is 12.3. The van der Waals surface area contributed by atoms with Crippen molar-refractivity contribution in [3.05, 3.63) is 11.8 Å². The fourth-order valence-electron chi connectivity index (χ4n) is 2.17. The summed E-state index contributed by atoms with van der Waals surface area (Å²) < 4.78 is 4.88. The molecule has 5 nitrogen and oxygen atoms in total. The van der Waals surface area contributed by atoms with E-state index >= 15 is 0 Å². The van der Waals surface area contributed by atoms with Gasteiger partial charge >= 0.3 is 6.03 Å². The van der Waals surface area contributed by atoms with Crippen molar-refractivity contribution in [2.75, 3.05) is 5.32 Å². The van der Waals surface area contributed by atoms with E-state index in [1.54, 1.807) is 13.0 Å². The number of nitrogens with one attached hydrogen (secondary N) is 2. The summed E-state index contributed by atoms with van der Waals surface area (Å²) >= 11 is 0. The molecule has 94 valence electrons. The molecule has 1 aliphatic rings. The molecule has 0 spiro atoms. The largest absolute Gasteiger partial charge is 0.360 e. The highest BCUT2D eigenvalue weighted by Gasteiger charge is 2.19. The van der Waals surface area contributed by atoms with E-state index in [9.17, 15) is 4.79 Å². The van der Waals surface area contributed by atoms with Crippen LogP contribution in [0.1, 0.15) is 38.4 Å². The van der Waals surface area contributed by atoms with Gasteiger partial charge in [0.05, 0.1) is 0 Å². The molecule has 1 aliphatic carbocycles. The topological polar surface area (TPSA) is 67.2 Å². The summed E-state index contributed by atoms with van der Waals surface area (Å²) in [6, 6.07) is 1.79. The van der Waals surface area contributed by atoms with Crippen LogP contribution in [-0.4, -0.2) is 17.2 Å². The Morgan fingerprint density at radius 1 is 1.41 bits per heavy atom. The Bertz CT molecular complexity index is 381. The number of hydrogen-bond acceptors (Lipinski definition) is 3. The Hall–Kier alpha value is -1.52. The molecule has 1 fully saturated rings. The molecule has 17 heavy (non-hydrogen) atoms. The molecule has 0 bridgehead atoms. The molecule has 1 saturated carbocycles. The van der Waals surface area contributed by atoms with E-state index in [1.165, 1.54) is 12.8 Å². The Labute approximate surface area is 101 Å². The summed E-state index contributed by atoms with van der Waals surface area (Å²) in [5, 5.41) is 9.35. The number of urea groups is 1. The quantitative estimate of drug-likeness (QED) is 0.831. The van der Waals surface area contributed by atoms with Gasteiger partial charge < -0.3 is 9.84 Å². The van der Waals surface area contributed by atoms with Gasteiger partial charge in [-0.15, -0.1) is 0 Å². The number of aryl methyl sites for hydroxylation is 1. The maximum atomic E-state index is 11.7. The summed E-state index contributed by atoms with van der Waals surface area (Å²) in [6.07, 6.45) is 4.50. The predicted molar refractivity (Wildman–Crippen MR) is 64.8 cm³/mol. The molecule has 1 heterocycles. The van der Waals surface area contributed by atoms with Gasteiger partial charge in [-0.3, -0.25) is 5.32 Å².